The highest BCUT2D eigenvalue weighted by atomic mass is 16.6. The summed E-state index contributed by atoms with van der Waals surface area (Å²) in [6, 6.07) is 21.4. The molecule has 156 valence electrons. The van der Waals surface area contributed by atoms with Crippen LogP contribution >= 0.6 is 0 Å². The maximum Gasteiger partial charge on any atom is 0.214 e. The second-order valence-corrected chi connectivity index (χ2v) is 7.04. The highest BCUT2D eigenvalue weighted by Gasteiger charge is 2.27. The summed E-state index contributed by atoms with van der Waals surface area (Å²) in [6.07, 6.45) is 0. The number of nitrogens with one attached hydrogen (secondary N) is 1. The maximum atomic E-state index is 11.6. The number of nitrogens with zero attached hydrogens (tertiary/aromatic N) is 7. The van der Waals surface area contributed by atoms with E-state index in [1.807, 2.05) is 36.4 Å². The lowest BCUT2D eigenvalue weighted by Crippen LogP contribution is -2.14. The lowest BCUT2D eigenvalue weighted by Gasteiger charge is -2.16. The molecule has 10 heteroatoms. The Bertz CT molecular complexity index is 1380. The minimum Gasteiger partial charge on any atom is -0.354 e. The number of para-hydroxylation sites is 1. The smallest absolute Gasteiger partial charge is 0.214 e. The van der Waals surface area contributed by atoms with Crippen LogP contribution in [0.25, 0.3) is 43.0 Å². The molecule has 0 radical (unpaired) electrons. The molecule has 0 fully saturated rings. The first-order valence-corrected chi connectivity index (χ1v) is 9.63. The number of hydrogen-bond acceptors (Lipinski definition) is 4. The van der Waals surface area contributed by atoms with Crippen molar-refractivity contribution >= 4 is 22.3 Å². The zero-order valence-electron chi connectivity index (χ0n) is 16.7. The molecule has 32 heavy (non-hydrogen) atoms. The fourth-order valence-corrected chi connectivity index (χ4v) is 3.84. The van der Waals surface area contributed by atoms with Crippen molar-refractivity contribution in [1.29, 1.82) is 0 Å². The number of hydrogen-bond donors (Lipinski definition) is 1. The fraction of sp³-hybridized carbons (Fsp3) is 0.0909. The predicted molar refractivity (Wildman–Crippen MR) is 121 cm³/mol. The van der Waals surface area contributed by atoms with Crippen LogP contribution in [-0.4, -0.2) is 16.5 Å². The first-order valence-electron chi connectivity index (χ1n) is 9.63. The maximum absolute atomic E-state index is 11.6. The van der Waals surface area contributed by atoms with Crippen LogP contribution in [0.1, 0.15) is 17.0 Å². The Labute approximate surface area is 181 Å². The van der Waals surface area contributed by atoms with Crippen molar-refractivity contribution in [2.24, 2.45) is 10.2 Å². The molecule has 4 rings (SSSR count). The lowest BCUT2D eigenvalue weighted by atomic mass is 9.87. The Hall–Kier alpha value is -4.78. The van der Waals surface area contributed by atoms with Gasteiger partial charge in [-0.05, 0) is 33.8 Å². The van der Waals surface area contributed by atoms with Gasteiger partial charge in [0.05, 0.1) is 11.6 Å². The van der Waals surface area contributed by atoms with Gasteiger partial charge >= 0.3 is 0 Å². The SMILES string of the molecule is [N-]=[N+]=Nc1ccc(-c2[nH]c3ccccc3c2C(C[N+](=O)[O-])c2ccc(N=[N+]=[N-])cc2)cc1. The molecule has 0 aliphatic rings. The molecule has 0 aliphatic carbocycles. The van der Waals surface area contributed by atoms with Gasteiger partial charge in [-0.25, -0.2) is 0 Å². The van der Waals surface area contributed by atoms with Crippen LogP contribution in [0, 0.1) is 10.1 Å². The van der Waals surface area contributed by atoms with E-state index in [0.29, 0.717) is 11.4 Å². The Morgan fingerprint density at radius 1 is 0.906 bits per heavy atom. The highest BCUT2D eigenvalue weighted by Crippen LogP contribution is 2.39. The van der Waals surface area contributed by atoms with Crippen LogP contribution in [0.2, 0.25) is 0 Å². The average molecular weight is 424 g/mol. The van der Waals surface area contributed by atoms with Gasteiger partial charge in [-0.1, -0.05) is 77.0 Å². The number of benzene rings is 3. The molecule has 0 amide bonds. The van der Waals surface area contributed by atoms with Crippen LogP contribution in [0.4, 0.5) is 11.4 Å². The summed E-state index contributed by atoms with van der Waals surface area (Å²) in [4.78, 5) is 20.3. The molecule has 0 saturated carbocycles. The number of azide groups is 2. The highest BCUT2D eigenvalue weighted by molar-refractivity contribution is 5.92. The van der Waals surface area contributed by atoms with Gasteiger partial charge in [0.15, 0.2) is 0 Å². The van der Waals surface area contributed by atoms with Crippen LogP contribution in [0.3, 0.4) is 0 Å². The van der Waals surface area contributed by atoms with Gasteiger partial charge in [0.25, 0.3) is 0 Å². The van der Waals surface area contributed by atoms with E-state index in [0.717, 1.165) is 33.3 Å². The molecular weight excluding hydrogens is 408 g/mol. The standard InChI is InChI=1S/C22H16N8O2/c23-28-26-16-9-5-14(6-10-16)19(13-30(31)32)21-18-3-1-2-4-20(18)25-22(21)15-7-11-17(12-8-15)27-29-24/h1-12,19,25H,13H2. The molecule has 0 spiro atoms. The molecule has 1 unspecified atom stereocenters. The van der Waals surface area contributed by atoms with Crippen molar-refractivity contribution in [3.8, 4) is 11.3 Å². The van der Waals surface area contributed by atoms with E-state index < -0.39 is 5.92 Å². The molecular formula is C22H16N8O2. The zero-order valence-corrected chi connectivity index (χ0v) is 16.7. The van der Waals surface area contributed by atoms with Crippen molar-refractivity contribution in [2.45, 2.75) is 5.92 Å². The van der Waals surface area contributed by atoms with Crippen molar-refractivity contribution in [1.82, 2.24) is 4.98 Å². The third-order valence-electron chi connectivity index (χ3n) is 5.20. The van der Waals surface area contributed by atoms with E-state index in [1.165, 1.54) is 0 Å². The van der Waals surface area contributed by atoms with Crippen LogP contribution in [0.15, 0.2) is 83.0 Å². The molecule has 3 aromatic carbocycles. The van der Waals surface area contributed by atoms with E-state index in [9.17, 15) is 10.1 Å². The summed E-state index contributed by atoms with van der Waals surface area (Å²) in [5.41, 5.74) is 22.1. The summed E-state index contributed by atoms with van der Waals surface area (Å²) < 4.78 is 0. The van der Waals surface area contributed by atoms with Crippen LogP contribution in [0.5, 0.6) is 0 Å². The Morgan fingerprint density at radius 2 is 1.50 bits per heavy atom. The molecule has 1 heterocycles. The fourth-order valence-electron chi connectivity index (χ4n) is 3.84. The van der Waals surface area contributed by atoms with Gasteiger partial charge in [-0.3, -0.25) is 10.1 Å². The van der Waals surface area contributed by atoms with Gasteiger partial charge in [0.1, 0.15) is 0 Å². The number of fused-ring (bicyclic) bond motifs is 1. The topological polar surface area (TPSA) is 156 Å². The second kappa shape index (κ2) is 8.93. The van der Waals surface area contributed by atoms with Crippen LogP contribution in [-0.2, 0) is 0 Å². The van der Waals surface area contributed by atoms with E-state index in [-0.39, 0.29) is 11.5 Å². The van der Waals surface area contributed by atoms with E-state index in [1.54, 1.807) is 36.4 Å². The average Bonchev–Trinajstić information content (AvgIpc) is 3.18. The minimum atomic E-state index is -0.548. The number of nitro groups is 1. The summed E-state index contributed by atoms with van der Waals surface area (Å²) in [5.74, 6) is -0.548. The molecule has 1 aromatic heterocycles. The zero-order chi connectivity index (χ0) is 22.5. The van der Waals surface area contributed by atoms with E-state index >= 15 is 0 Å². The quantitative estimate of drug-likeness (QED) is 0.110. The number of H-pyrrole nitrogens is 1. The van der Waals surface area contributed by atoms with Crippen molar-refractivity contribution < 1.29 is 4.92 Å². The first kappa shape index (κ1) is 20.5. The monoisotopic (exact) mass is 424 g/mol. The molecule has 10 nitrogen and oxygen atoms in total. The second-order valence-electron chi connectivity index (χ2n) is 7.04. The normalized spacial score (nSPS) is 11.4. The predicted octanol–water partition coefficient (Wildman–Crippen LogP) is 7.13. The Balaban J connectivity index is 1.92. The van der Waals surface area contributed by atoms with Crippen molar-refractivity contribution in [3.05, 3.63) is 115 Å². The third kappa shape index (κ3) is 4.08. The lowest BCUT2D eigenvalue weighted by molar-refractivity contribution is -0.481. The molecule has 1 atom stereocenters. The first-order chi connectivity index (χ1) is 15.6. The summed E-state index contributed by atoms with van der Waals surface area (Å²) in [6.45, 7) is -0.313. The van der Waals surface area contributed by atoms with Crippen molar-refractivity contribution in [3.63, 3.8) is 0 Å². The van der Waals surface area contributed by atoms with E-state index in [2.05, 4.69) is 25.0 Å². The van der Waals surface area contributed by atoms with Gasteiger partial charge < -0.3 is 4.98 Å². The summed E-state index contributed by atoms with van der Waals surface area (Å²) in [5, 5.41) is 19.7. The Morgan fingerprint density at radius 3 is 2.09 bits per heavy atom. The van der Waals surface area contributed by atoms with Gasteiger partial charge in [0, 0.05) is 37.0 Å². The third-order valence-corrected chi connectivity index (χ3v) is 5.20. The Kier molecular flexibility index (Phi) is 5.72. The number of rotatable bonds is 7. The van der Waals surface area contributed by atoms with Gasteiger partial charge in [0.2, 0.25) is 6.54 Å². The molecule has 0 bridgehead atoms. The summed E-state index contributed by atoms with van der Waals surface area (Å²) in [7, 11) is 0. The van der Waals surface area contributed by atoms with Crippen molar-refractivity contribution in [2.75, 3.05) is 6.54 Å². The summed E-state index contributed by atoms with van der Waals surface area (Å²) >= 11 is 0. The number of aromatic amines is 1. The molecule has 0 aliphatic heterocycles. The van der Waals surface area contributed by atoms with Gasteiger partial charge in [-0.2, -0.15) is 0 Å². The van der Waals surface area contributed by atoms with E-state index in [4.69, 9.17) is 11.1 Å². The molecule has 1 N–H and O–H groups in total. The largest absolute Gasteiger partial charge is 0.354 e. The molecule has 0 saturated heterocycles. The van der Waals surface area contributed by atoms with Crippen LogP contribution < -0.4 is 0 Å². The minimum absolute atomic E-state index is 0.313. The number of aromatic nitrogens is 1. The molecule has 4 aromatic rings. The van der Waals surface area contributed by atoms with Gasteiger partial charge in [-0.15, -0.1) is 0 Å².